The van der Waals surface area contributed by atoms with Crippen molar-refractivity contribution in [3.8, 4) is 17.2 Å². The van der Waals surface area contributed by atoms with E-state index in [1.165, 1.54) is 0 Å². The van der Waals surface area contributed by atoms with E-state index in [9.17, 15) is 4.79 Å². The fourth-order valence-electron chi connectivity index (χ4n) is 2.95. The maximum absolute atomic E-state index is 13.0. The topological polar surface area (TPSA) is 48.0 Å². The Balaban J connectivity index is 1.76. The monoisotopic (exact) mass is 355 g/mol. The van der Waals surface area contributed by atoms with Crippen LogP contribution in [0, 0.1) is 0 Å². The highest BCUT2D eigenvalue weighted by molar-refractivity contribution is 5.81. The SMILES string of the molecule is COc1ccc(OC)c(CN(C(=O)C(C)Oc2ccccc2)C2CC2)c1. The molecule has 0 heterocycles. The predicted molar refractivity (Wildman–Crippen MR) is 99.7 cm³/mol. The summed E-state index contributed by atoms with van der Waals surface area (Å²) in [5.74, 6) is 2.18. The van der Waals surface area contributed by atoms with Gasteiger partial charge in [0, 0.05) is 18.2 Å². The summed E-state index contributed by atoms with van der Waals surface area (Å²) < 4.78 is 16.6. The molecule has 138 valence electrons. The molecule has 1 fully saturated rings. The molecule has 5 heteroatoms. The normalized spacial score (nSPS) is 14.4. The third-order valence-corrected chi connectivity index (χ3v) is 4.50. The average Bonchev–Trinajstić information content (AvgIpc) is 3.51. The molecule has 0 aliphatic heterocycles. The van der Waals surface area contributed by atoms with E-state index in [2.05, 4.69) is 0 Å². The standard InChI is InChI=1S/C21H25NO4/c1-15(26-18-7-5-4-6-8-18)21(23)22(17-9-10-17)14-16-13-19(24-2)11-12-20(16)25-3/h4-8,11-13,15,17H,9-10,14H2,1-3H3. The highest BCUT2D eigenvalue weighted by Crippen LogP contribution is 2.32. The van der Waals surface area contributed by atoms with Gasteiger partial charge < -0.3 is 19.1 Å². The zero-order valence-electron chi connectivity index (χ0n) is 15.5. The molecule has 0 saturated heterocycles. The van der Waals surface area contributed by atoms with E-state index in [1.807, 2.05) is 53.4 Å². The molecule has 0 bridgehead atoms. The van der Waals surface area contributed by atoms with Crippen molar-refractivity contribution < 1.29 is 19.0 Å². The maximum atomic E-state index is 13.0. The molecule has 0 spiro atoms. The van der Waals surface area contributed by atoms with E-state index in [1.54, 1.807) is 21.1 Å². The molecule has 1 aliphatic rings. The van der Waals surface area contributed by atoms with Crippen LogP contribution >= 0.6 is 0 Å². The number of hydrogen-bond acceptors (Lipinski definition) is 4. The molecule has 0 N–H and O–H groups in total. The summed E-state index contributed by atoms with van der Waals surface area (Å²) in [6, 6.07) is 15.3. The van der Waals surface area contributed by atoms with Gasteiger partial charge >= 0.3 is 0 Å². The summed E-state index contributed by atoms with van der Waals surface area (Å²) >= 11 is 0. The summed E-state index contributed by atoms with van der Waals surface area (Å²) in [4.78, 5) is 14.9. The number of rotatable bonds is 8. The number of methoxy groups -OCH3 is 2. The molecule has 1 saturated carbocycles. The van der Waals surface area contributed by atoms with Crippen molar-refractivity contribution in [2.24, 2.45) is 0 Å². The molecule has 0 radical (unpaired) electrons. The second-order valence-corrected chi connectivity index (χ2v) is 6.45. The van der Waals surface area contributed by atoms with Gasteiger partial charge in [0.25, 0.3) is 5.91 Å². The van der Waals surface area contributed by atoms with Crippen molar-refractivity contribution in [3.05, 3.63) is 54.1 Å². The van der Waals surface area contributed by atoms with Crippen LogP contribution in [0.1, 0.15) is 25.3 Å². The predicted octanol–water partition coefficient (Wildman–Crippen LogP) is 3.66. The van der Waals surface area contributed by atoms with Crippen molar-refractivity contribution in [1.82, 2.24) is 4.90 Å². The van der Waals surface area contributed by atoms with E-state index < -0.39 is 6.10 Å². The lowest BCUT2D eigenvalue weighted by atomic mass is 10.1. The summed E-state index contributed by atoms with van der Waals surface area (Å²) in [6.07, 6.45) is 1.50. The first kappa shape index (κ1) is 18.1. The minimum absolute atomic E-state index is 0.0128. The number of hydrogen-bond donors (Lipinski definition) is 0. The van der Waals surface area contributed by atoms with Crippen LogP contribution in [0.3, 0.4) is 0 Å². The molecule has 5 nitrogen and oxygen atoms in total. The molecule has 0 aromatic heterocycles. The number of carbonyl (C=O) groups excluding carboxylic acids is 1. The lowest BCUT2D eigenvalue weighted by molar-refractivity contribution is -0.139. The Morgan fingerprint density at radius 2 is 1.81 bits per heavy atom. The largest absolute Gasteiger partial charge is 0.497 e. The molecular formula is C21H25NO4. The molecule has 3 rings (SSSR count). The first-order valence-electron chi connectivity index (χ1n) is 8.85. The van der Waals surface area contributed by atoms with Crippen LogP contribution in [-0.2, 0) is 11.3 Å². The van der Waals surface area contributed by atoms with Gasteiger partial charge in [-0.1, -0.05) is 18.2 Å². The number of carbonyl (C=O) groups is 1. The number of benzene rings is 2. The van der Waals surface area contributed by atoms with Crippen LogP contribution in [0.15, 0.2) is 48.5 Å². The molecule has 1 atom stereocenters. The van der Waals surface area contributed by atoms with Crippen LogP contribution in [0.4, 0.5) is 0 Å². The van der Waals surface area contributed by atoms with Gasteiger partial charge in [-0.05, 0) is 50.1 Å². The Morgan fingerprint density at radius 3 is 2.42 bits per heavy atom. The summed E-state index contributed by atoms with van der Waals surface area (Å²) in [5, 5.41) is 0. The highest BCUT2D eigenvalue weighted by atomic mass is 16.5. The van der Waals surface area contributed by atoms with E-state index >= 15 is 0 Å². The lowest BCUT2D eigenvalue weighted by Crippen LogP contribution is -2.41. The maximum Gasteiger partial charge on any atom is 0.263 e. The lowest BCUT2D eigenvalue weighted by Gasteiger charge is -2.27. The van der Waals surface area contributed by atoms with E-state index in [4.69, 9.17) is 14.2 Å². The Labute approximate surface area is 154 Å². The Bertz CT molecular complexity index is 743. The quantitative estimate of drug-likeness (QED) is 0.725. The molecule has 1 amide bonds. The van der Waals surface area contributed by atoms with Gasteiger partial charge in [-0.2, -0.15) is 0 Å². The third-order valence-electron chi connectivity index (χ3n) is 4.50. The third kappa shape index (κ3) is 4.28. The van der Waals surface area contributed by atoms with Gasteiger partial charge in [0.2, 0.25) is 0 Å². The molecule has 26 heavy (non-hydrogen) atoms. The van der Waals surface area contributed by atoms with Crippen molar-refractivity contribution in [3.63, 3.8) is 0 Å². The first-order chi connectivity index (χ1) is 12.6. The number of para-hydroxylation sites is 1. The minimum Gasteiger partial charge on any atom is -0.497 e. The van der Waals surface area contributed by atoms with Gasteiger partial charge in [0.1, 0.15) is 17.2 Å². The molecule has 2 aromatic rings. The van der Waals surface area contributed by atoms with Crippen molar-refractivity contribution >= 4 is 5.91 Å². The molecule has 1 aliphatic carbocycles. The number of ether oxygens (including phenoxy) is 3. The van der Waals surface area contributed by atoms with Gasteiger partial charge in [-0.3, -0.25) is 4.79 Å². The van der Waals surface area contributed by atoms with Gasteiger partial charge in [-0.15, -0.1) is 0 Å². The van der Waals surface area contributed by atoms with Gasteiger partial charge in [0.05, 0.1) is 14.2 Å². The van der Waals surface area contributed by atoms with Crippen molar-refractivity contribution in [2.75, 3.05) is 14.2 Å². The second-order valence-electron chi connectivity index (χ2n) is 6.45. The van der Waals surface area contributed by atoms with Crippen LogP contribution in [-0.4, -0.2) is 37.2 Å². The second kappa shape index (κ2) is 8.13. The first-order valence-corrected chi connectivity index (χ1v) is 8.85. The van der Waals surface area contributed by atoms with E-state index in [0.717, 1.165) is 29.9 Å². The molecule has 1 unspecified atom stereocenters. The number of amides is 1. The molecular weight excluding hydrogens is 330 g/mol. The Kier molecular flexibility index (Phi) is 5.66. The minimum atomic E-state index is -0.547. The Hall–Kier alpha value is -2.69. The fraction of sp³-hybridized carbons (Fsp3) is 0.381. The highest BCUT2D eigenvalue weighted by Gasteiger charge is 2.35. The van der Waals surface area contributed by atoms with Crippen LogP contribution in [0.2, 0.25) is 0 Å². The van der Waals surface area contributed by atoms with Crippen molar-refractivity contribution in [2.45, 2.75) is 38.5 Å². The average molecular weight is 355 g/mol. The van der Waals surface area contributed by atoms with Crippen LogP contribution < -0.4 is 14.2 Å². The Morgan fingerprint density at radius 1 is 1.08 bits per heavy atom. The molecule has 2 aromatic carbocycles. The summed E-state index contributed by atoms with van der Waals surface area (Å²) in [5.41, 5.74) is 0.930. The van der Waals surface area contributed by atoms with Crippen molar-refractivity contribution in [1.29, 1.82) is 0 Å². The fourth-order valence-corrected chi connectivity index (χ4v) is 2.95. The zero-order chi connectivity index (χ0) is 18.5. The van der Waals surface area contributed by atoms with Crippen LogP contribution in [0.5, 0.6) is 17.2 Å². The summed E-state index contributed by atoms with van der Waals surface area (Å²) in [7, 11) is 3.26. The van der Waals surface area contributed by atoms with E-state index in [0.29, 0.717) is 12.3 Å². The smallest absolute Gasteiger partial charge is 0.263 e. The zero-order valence-corrected chi connectivity index (χ0v) is 15.5. The van der Waals surface area contributed by atoms with E-state index in [-0.39, 0.29) is 11.9 Å². The van der Waals surface area contributed by atoms with Gasteiger partial charge in [0.15, 0.2) is 6.10 Å². The van der Waals surface area contributed by atoms with Gasteiger partial charge in [-0.25, -0.2) is 0 Å². The van der Waals surface area contributed by atoms with Crippen LogP contribution in [0.25, 0.3) is 0 Å². The number of nitrogens with zero attached hydrogens (tertiary/aromatic N) is 1. The summed E-state index contributed by atoms with van der Waals surface area (Å²) in [6.45, 7) is 2.28.